The first-order chi connectivity index (χ1) is 10.2. The van der Waals surface area contributed by atoms with E-state index in [0.717, 1.165) is 18.2 Å². The number of hydrogen-bond acceptors (Lipinski definition) is 4. The van der Waals surface area contributed by atoms with Crippen molar-refractivity contribution in [2.75, 3.05) is 20.1 Å². The third-order valence-electron chi connectivity index (χ3n) is 4.02. The van der Waals surface area contributed by atoms with Crippen LogP contribution in [0, 0.1) is 0 Å². The molecular formula is C16H21N3O2. The Hall–Kier alpha value is -1.88. The van der Waals surface area contributed by atoms with Crippen molar-refractivity contribution in [3.05, 3.63) is 35.9 Å². The van der Waals surface area contributed by atoms with E-state index in [9.17, 15) is 4.79 Å². The molecule has 1 fully saturated rings. The molecule has 5 heteroatoms. The molecule has 1 N–H and O–H groups in total. The third kappa shape index (κ3) is 3.61. The lowest BCUT2D eigenvalue weighted by molar-refractivity contribution is -0.114. The van der Waals surface area contributed by atoms with Gasteiger partial charge in [0.25, 0.3) is 5.91 Å². The zero-order chi connectivity index (χ0) is 14.7. The Kier molecular flexibility index (Phi) is 4.20. The monoisotopic (exact) mass is 287 g/mol. The summed E-state index contributed by atoms with van der Waals surface area (Å²) in [6.07, 6.45) is 2.96. The molecule has 1 aliphatic carbocycles. The Balaban J connectivity index is 1.43. The number of oxime groups is 1. The maximum absolute atomic E-state index is 12.0. The molecule has 0 unspecified atom stereocenters. The number of amides is 1. The zero-order valence-corrected chi connectivity index (χ0v) is 12.3. The Morgan fingerprint density at radius 3 is 2.86 bits per heavy atom. The van der Waals surface area contributed by atoms with Crippen LogP contribution in [-0.2, 0) is 9.63 Å². The van der Waals surface area contributed by atoms with E-state index in [4.69, 9.17) is 4.84 Å². The number of hydrogen-bond donors (Lipinski definition) is 1. The fourth-order valence-electron chi connectivity index (χ4n) is 2.50. The number of carbonyl (C=O) groups is 1. The maximum atomic E-state index is 12.0. The smallest absolute Gasteiger partial charge is 0.269 e. The van der Waals surface area contributed by atoms with Gasteiger partial charge in [-0.2, -0.15) is 0 Å². The van der Waals surface area contributed by atoms with Gasteiger partial charge in [-0.25, -0.2) is 0 Å². The summed E-state index contributed by atoms with van der Waals surface area (Å²) in [6, 6.07) is 10.6. The van der Waals surface area contributed by atoms with Crippen LogP contribution in [-0.4, -0.2) is 42.7 Å². The van der Waals surface area contributed by atoms with Crippen molar-refractivity contribution in [2.24, 2.45) is 5.16 Å². The molecule has 3 rings (SSSR count). The van der Waals surface area contributed by atoms with E-state index >= 15 is 0 Å². The number of benzene rings is 1. The van der Waals surface area contributed by atoms with Gasteiger partial charge in [-0.1, -0.05) is 35.5 Å². The Labute approximate surface area is 125 Å². The molecule has 0 spiro atoms. The maximum Gasteiger partial charge on any atom is 0.269 e. The van der Waals surface area contributed by atoms with Gasteiger partial charge in [-0.15, -0.1) is 0 Å². The molecule has 1 saturated carbocycles. The summed E-state index contributed by atoms with van der Waals surface area (Å²) in [5.74, 6) is -0.113. The largest absolute Gasteiger partial charge is 0.387 e. The van der Waals surface area contributed by atoms with E-state index in [-0.39, 0.29) is 12.0 Å². The van der Waals surface area contributed by atoms with Gasteiger partial charge in [0.05, 0.1) is 0 Å². The summed E-state index contributed by atoms with van der Waals surface area (Å²) in [5, 5.41) is 6.85. The van der Waals surface area contributed by atoms with Gasteiger partial charge in [0.1, 0.15) is 5.71 Å². The number of nitrogens with one attached hydrogen (secondary N) is 1. The van der Waals surface area contributed by atoms with Crippen LogP contribution in [0.25, 0.3) is 0 Å². The highest BCUT2D eigenvalue weighted by atomic mass is 16.6. The molecule has 112 valence electrons. The van der Waals surface area contributed by atoms with Gasteiger partial charge in [0, 0.05) is 25.6 Å². The highest BCUT2D eigenvalue weighted by Gasteiger charge is 2.28. The normalized spacial score (nSPS) is 21.0. The van der Waals surface area contributed by atoms with E-state index < -0.39 is 0 Å². The third-order valence-corrected chi connectivity index (χ3v) is 4.02. The summed E-state index contributed by atoms with van der Waals surface area (Å²) < 4.78 is 0. The highest BCUT2D eigenvalue weighted by molar-refractivity contribution is 6.39. The lowest BCUT2D eigenvalue weighted by atomic mass is 10.0. The first kappa shape index (κ1) is 14.1. The summed E-state index contributed by atoms with van der Waals surface area (Å²) in [5.41, 5.74) is 1.54. The minimum atomic E-state index is -0.138. The van der Waals surface area contributed by atoms with Crippen LogP contribution in [0.5, 0.6) is 0 Å². The molecule has 1 amide bonds. The van der Waals surface area contributed by atoms with E-state index in [0.29, 0.717) is 18.7 Å². The lowest BCUT2D eigenvalue weighted by Crippen LogP contribution is -2.37. The van der Waals surface area contributed by atoms with Crippen LogP contribution in [0.2, 0.25) is 0 Å². The van der Waals surface area contributed by atoms with Crippen LogP contribution in [0.4, 0.5) is 0 Å². The van der Waals surface area contributed by atoms with E-state index in [2.05, 4.69) is 22.4 Å². The fourth-order valence-corrected chi connectivity index (χ4v) is 2.50. The van der Waals surface area contributed by atoms with Crippen molar-refractivity contribution in [3.8, 4) is 0 Å². The fraction of sp³-hybridized carbons (Fsp3) is 0.500. The first-order valence-corrected chi connectivity index (χ1v) is 7.50. The van der Waals surface area contributed by atoms with Crippen molar-refractivity contribution < 1.29 is 9.63 Å². The van der Waals surface area contributed by atoms with E-state index in [1.54, 1.807) is 0 Å². The van der Waals surface area contributed by atoms with Gasteiger partial charge in [-0.3, -0.25) is 4.79 Å². The first-order valence-electron chi connectivity index (χ1n) is 7.50. The molecule has 21 heavy (non-hydrogen) atoms. The van der Waals surface area contributed by atoms with Gasteiger partial charge in [0.15, 0.2) is 6.10 Å². The molecule has 0 bridgehead atoms. The van der Waals surface area contributed by atoms with Crippen LogP contribution in [0.15, 0.2) is 35.5 Å². The second kappa shape index (κ2) is 6.26. The van der Waals surface area contributed by atoms with Gasteiger partial charge >= 0.3 is 0 Å². The standard InChI is InChI=1S/C16H21N3O2/c1-19(13-7-8-13)10-9-17-16(20)14-11-15(21-18-14)12-5-3-2-4-6-12/h2-6,13,15H,7-11H2,1H3,(H,17,20)/t15-/m1/s1. The van der Waals surface area contributed by atoms with E-state index in [1.165, 1.54) is 12.8 Å². The minimum Gasteiger partial charge on any atom is -0.387 e. The molecular weight excluding hydrogens is 266 g/mol. The van der Waals surface area contributed by atoms with Crippen LogP contribution in [0.1, 0.15) is 30.9 Å². The zero-order valence-electron chi connectivity index (χ0n) is 12.3. The molecule has 0 radical (unpaired) electrons. The molecule has 1 aromatic rings. The molecule has 1 atom stereocenters. The molecule has 0 aromatic heterocycles. The van der Waals surface area contributed by atoms with Crippen LogP contribution in [0.3, 0.4) is 0 Å². The molecule has 1 aliphatic heterocycles. The van der Waals surface area contributed by atoms with E-state index in [1.807, 2.05) is 30.3 Å². The topological polar surface area (TPSA) is 53.9 Å². The Bertz CT molecular complexity index is 526. The second-order valence-electron chi connectivity index (χ2n) is 5.71. The average Bonchev–Trinajstić information content (AvgIpc) is 3.25. The number of nitrogens with zero attached hydrogens (tertiary/aromatic N) is 2. The van der Waals surface area contributed by atoms with Crippen LogP contribution < -0.4 is 5.32 Å². The van der Waals surface area contributed by atoms with Crippen molar-refractivity contribution >= 4 is 11.6 Å². The van der Waals surface area contributed by atoms with Gasteiger partial charge in [0.2, 0.25) is 0 Å². The van der Waals surface area contributed by atoms with Gasteiger partial charge < -0.3 is 15.1 Å². The SMILES string of the molecule is CN(CCNC(=O)C1=NO[C@@H](c2ccccc2)C1)C1CC1. The molecule has 5 nitrogen and oxygen atoms in total. The lowest BCUT2D eigenvalue weighted by Gasteiger charge is -2.15. The second-order valence-corrected chi connectivity index (χ2v) is 5.71. The minimum absolute atomic E-state index is 0.113. The number of rotatable bonds is 6. The predicted molar refractivity (Wildman–Crippen MR) is 81.0 cm³/mol. The number of likely N-dealkylation sites (N-methyl/N-ethyl adjacent to an activating group) is 1. The Morgan fingerprint density at radius 2 is 2.14 bits per heavy atom. The predicted octanol–water partition coefficient (Wildman–Crippen LogP) is 1.71. The van der Waals surface area contributed by atoms with Crippen molar-refractivity contribution in [1.29, 1.82) is 0 Å². The highest BCUT2D eigenvalue weighted by Crippen LogP contribution is 2.27. The number of carbonyl (C=O) groups excluding carboxylic acids is 1. The summed E-state index contributed by atoms with van der Waals surface area (Å²) in [6.45, 7) is 1.54. The summed E-state index contributed by atoms with van der Waals surface area (Å²) >= 11 is 0. The quantitative estimate of drug-likeness (QED) is 0.866. The Morgan fingerprint density at radius 1 is 1.38 bits per heavy atom. The van der Waals surface area contributed by atoms with Crippen LogP contribution >= 0.6 is 0 Å². The van der Waals surface area contributed by atoms with Crippen molar-refractivity contribution in [2.45, 2.75) is 31.4 Å². The molecule has 1 aromatic carbocycles. The molecule has 2 aliphatic rings. The average molecular weight is 287 g/mol. The molecule has 0 saturated heterocycles. The van der Waals surface area contributed by atoms with Crippen molar-refractivity contribution in [3.63, 3.8) is 0 Å². The molecule has 1 heterocycles. The van der Waals surface area contributed by atoms with Crippen molar-refractivity contribution in [1.82, 2.24) is 10.2 Å². The van der Waals surface area contributed by atoms with Gasteiger partial charge in [-0.05, 0) is 25.5 Å². The summed E-state index contributed by atoms with van der Waals surface area (Å²) in [4.78, 5) is 19.7. The summed E-state index contributed by atoms with van der Waals surface area (Å²) in [7, 11) is 2.10.